The number of hydrogen-bond donors (Lipinski definition) is 1. The van der Waals surface area contributed by atoms with Gasteiger partial charge in [-0.1, -0.05) is 64.9 Å². The highest BCUT2D eigenvalue weighted by Gasteiger charge is 2.31. The van der Waals surface area contributed by atoms with Crippen LogP contribution >= 0.6 is 34.5 Å². The molecule has 148 valence electrons. The Labute approximate surface area is 182 Å². The number of fused-ring (bicyclic) bond motifs is 2. The van der Waals surface area contributed by atoms with E-state index in [1.165, 1.54) is 27.0 Å². The molecule has 1 aliphatic rings. The third kappa shape index (κ3) is 3.30. The second kappa shape index (κ2) is 7.29. The van der Waals surface area contributed by atoms with Gasteiger partial charge in [-0.15, -0.1) is 5.10 Å². The minimum absolute atomic E-state index is 0.125. The summed E-state index contributed by atoms with van der Waals surface area (Å²) in [5, 5.41) is 16.3. The van der Waals surface area contributed by atoms with Crippen molar-refractivity contribution in [3.05, 3.63) is 79.9 Å². The average Bonchev–Trinajstić information content (AvgIpc) is 3.22. The van der Waals surface area contributed by atoms with E-state index in [0.29, 0.717) is 20.8 Å². The van der Waals surface area contributed by atoms with E-state index in [0.717, 1.165) is 30.0 Å². The third-order valence-corrected chi connectivity index (χ3v) is 7.15. The van der Waals surface area contributed by atoms with Gasteiger partial charge in [-0.3, -0.25) is 4.90 Å². The molecule has 2 aromatic carbocycles. The molecule has 2 aromatic heterocycles. The van der Waals surface area contributed by atoms with Crippen LogP contribution in [0.1, 0.15) is 33.4 Å². The molecule has 0 unspecified atom stereocenters. The van der Waals surface area contributed by atoms with E-state index in [1.807, 2.05) is 25.1 Å². The van der Waals surface area contributed by atoms with Gasteiger partial charge in [0.05, 0.1) is 21.0 Å². The molecular formula is C21H18Cl2N4OS. The Balaban J connectivity index is 1.64. The molecular weight excluding hydrogens is 427 g/mol. The second-order valence-electron chi connectivity index (χ2n) is 7.21. The number of nitrogens with zero attached hydrogens (tertiary/aromatic N) is 4. The molecule has 5 rings (SSSR count). The predicted octanol–water partition coefficient (Wildman–Crippen LogP) is 5.26. The molecule has 8 heteroatoms. The minimum Gasteiger partial charge on any atom is -0.492 e. The number of thiazole rings is 1. The Morgan fingerprint density at radius 1 is 1.10 bits per heavy atom. The van der Waals surface area contributed by atoms with Gasteiger partial charge in [-0.05, 0) is 42.2 Å². The van der Waals surface area contributed by atoms with E-state index in [1.54, 1.807) is 0 Å². The summed E-state index contributed by atoms with van der Waals surface area (Å²) < 4.78 is 1.51. The molecule has 0 bridgehead atoms. The van der Waals surface area contributed by atoms with Crippen molar-refractivity contribution in [2.75, 3.05) is 6.54 Å². The number of rotatable bonds is 3. The molecule has 0 saturated heterocycles. The summed E-state index contributed by atoms with van der Waals surface area (Å²) in [6, 6.07) is 14.0. The normalized spacial score (nSPS) is 15.6. The van der Waals surface area contributed by atoms with E-state index in [2.05, 4.69) is 39.2 Å². The molecule has 0 fully saturated rings. The largest absolute Gasteiger partial charge is 0.492 e. The lowest BCUT2D eigenvalue weighted by molar-refractivity contribution is 0.205. The molecule has 1 atom stereocenters. The monoisotopic (exact) mass is 444 g/mol. The van der Waals surface area contributed by atoms with Crippen LogP contribution in [0.25, 0.3) is 4.96 Å². The fraction of sp³-hybridized carbons (Fsp3) is 0.238. The summed E-state index contributed by atoms with van der Waals surface area (Å²) in [6.07, 6.45) is 0.953. The maximum absolute atomic E-state index is 11.0. The molecule has 0 spiro atoms. The molecule has 4 aromatic rings. The van der Waals surface area contributed by atoms with E-state index in [4.69, 9.17) is 23.2 Å². The Bertz CT molecular complexity index is 1220. The Morgan fingerprint density at radius 3 is 2.66 bits per heavy atom. The van der Waals surface area contributed by atoms with Crippen molar-refractivity contribution in [3.8, 4) is 5.88 Å². The average molecular weight is 445 g/mol. The van der Waals surface area contributed by atoms with Crippen molar-refractivity contribution in [2.45, 2.75) is 25.9 Å². The lowest BCUT2D eigenvalue weighted by atomic mass is 9.96. The van der Waals surface area contributed by atoms with E-state index >= 15 is 0 Å². The van der Waals surface area contributed by atoms with E-state index < -0.39 is 0 Å². The van der Waals surface area contributed by atoms with Gasteiger partial charge in [0.1, 0.15) is 5.82 Å². The molecule has 0 radical (unpaired) electrons. The van der Waals surface area contributed by atoms with E-state index in [9.17, 15) is 5.11 Å². The van der Waals surface area contributed by atoms with Crippen molar-refractivity contribution < 1.29 is 5.11 Å². The van der Waals surface area contributed by atoms with Gasteiger partial charge in [0.2, 0.25) is 10.8 Å². The summed E-state index contributed by atoms with van der Waals surface area (Å²) in [6.45, 7) is 3.47. The quantitative estimate of drug-likeness (QED) is 0.468. The van der Waals surface area contributed by atoms with Gasteiger partial charge in [-0.2, -0.15) is 4.52 Å². The molecule has 1 aliphatic heterocycles. The first kappa shape index (κ1) is 18.9. The zero-order valence-electron chi connectivity index (χ0n) is 15.6. The van der Waals surface area contributed by atoms with E-state index in [-0.39, 0.29) is 11.9 Å². The van der Waals surface area contributed by atoms with Crippen LogP contribution < -0.4 is 0 Å². The zero-order chi connectivity index (χ0) is 20.1. The first-order valence-corrected chi connectivity index (χ1v) is 10.9. The molecule has 29 heavy (non-hydrogen) atoms. The maximum Gasteiger partial charge on any atom is 0.230 e. The molecule has 0 saturated carbocycles. The predicted molar refractivity (Wildman–Crippen MR) is 116 cm³/mol. The SMILES string of the molecule is Cc1nc2sc([C@H](c3ccc(Cl)c(Cl)c3)N3CCc4ccccc4C3)c(O)n2n1. The van der Waals surface area contributed by atoms with Crippen LogP contribution in [-0.4, -0.2) is 31.1 Å². The van der Waals surface area contributed by atoms with Gasteiger partial charge in [0.25, 0.3) is 0 Å². The topological polar surface area (TPSA) is 53.7 Å². The zero-order valence-corrected chi connectivity index (χ0v) is 18.0. The lowest BCUT2D eigenvalue weighted by Crippen LogP contribution is -2.34. The van der Waals surface area contributed by atoms with Gasteiger partial charge in [-0.25, -0.2) is 4.98 Å². The van der Waals surface area contributed by atoms with Crippen LogP contribution in [0.15, 0.2) is 42.5 Å². The fourth-order valence-corrected chi connectivity index (χ4v) is 5.44. The lowest BCUT2D eigenvalue weighted by Gasteiger charge is -2.35. The number of aryl methyl sites for hydroxylation is 1. The smallest absolute Gasteiger partial charge is 0.230 e. The van der Waals surface area contributed by atoms with Gasteiger partial charge >= 0.3 is 0 Å². The summed E-state index contributed by atoms with van der Waals surface area (Å²) in [5.74, 6) is 0.761. The standard InChI is InChI=1S/C21H18Cl2N4OS/c1-12-24-21-27(25-12)20(28)19(29-21)18(14-6-7-16(22)17(23)10-14)26-9-8-13-4-2-3-5-15(13)11-26/h2-7,10,18,28H,8-9,11H2,1H3/t18-/m0/s1. The van der Waals surface area contributed by atoms with Crippen molar-refractivity contribution in [1.29, 1.82) is 0 Å². The number of aromatic hydroxyl groups is 1. The fourth-order valence-electron chi connectivity index (χ4n) is 3.97. The molecule has 0 aliphatic carbocycles. The minimum atomic E-state index is -0.174. The van der Waals surface area contributed by atoms with Crippen LogP contribution in [0.3, 0.4) is 0 Å². The van der Waals surface area contributed by atoms with Gasteiger partial charge in [0.15, 0.2) is 0 Å². The first-order chi connectivity index (χ1) is 14.0. The summed E-state index contributed by atoms with van der Waals surface area (Å²) in [5.41, 5.74) is 3.66. The number of benzene rings is 2. The van der Waals surface area contributed by atoms with Gasteiger partial charge in [0, 0.05) is 13.1 Å². The molecule has 0 amide bonds. The molecule has 5 nitrogen and oxygen atoms in total. The first-order valence-electron chi connectivity index (χ1n) is 9.32. The van der Waals surface area contributed by atoms with Crippen LogP contribution in [-0.2, 0) is 13.0 Å². The van der Waals surface area contributed by atoms with Crippen molar-refractivity contribution in [3.63, 3.8) is 0 Å². The van der Waals surface area contributed by atoms with Crippen LogP contribution in [0.4, 0.5) is 0 Å². The van der Waals surface area contributed by atoms with Crippen LogP contribution in [0.5, 0.6) is 5.88 Å². The van der Waals surface area contributed by atoms with Gasteiger partial charge < -0.3 is 5.11 Å². The number of hydrogen-bond acceptors (Lipinski definition) is 5. The summed E-state index contributed by atoms with van der Waals surface area (Å²) in [7, 11) is 0. The van der Waals surface area contributed by atoms with Crippen LogP contribution in [0.2, 0.25) is 10.0 Å². The number of halogens is 2. The summed E-state index contributed by atoms with van der Waals surface area (Å²) >= 11 is 14.0. The third-order valence-electron chi connectivity index (χ3n) is 5.34. The summed E-state index contributed by atoms with van der Waals surface area (Å²) in [4.78, 5) is 8.27. The highest BCUT2D eigenvalue weighted by molar-refractivity contribution is 7.17. The second-order valence-corrected chi connectivity index (χ2v) is 9.03. The van der Waals surface area contributed by atoms with Crippen LogP contribution in [0, 0.1) is 6.92 Å². The molecule has 3 heterocycles. The highest BCUT2D eigenvalue weighted by Crippen LogP contribution is 2.42. The Hall–Kier alpha value is -2.12. The van der Waals surface area contributed by atoms with Crippen molar-refractivity contribution in [2.24, 2.45) is 0 Å². The Kier molecular flexibility index (Phi) is 4.75. The highest BCUT2D eigenvalue weighted by atomic mass is 35.5. The van der Waals surface area contributed by atoms with Crippen molar-refractivity contribution >= 4 is 39.5 Å². The molecule has 1 N–H and O–H groups in total. The number of aromatic nitrogens is 3. The Morgan fingerprint density at radius 2 is 1.90 bits per heavy atom. The maximum atomic E-state index is 11.0. The van der Waals surface area contributed by atoms with Crippen molar-refractivity contribution in [1.82, 2.24) is 19.5 Å².